The Labute approximate surface area is 117 Å². The highest BCUT2D eigenvalue weighted by atomic mass is 16.5. The maximum absolute atomic E-state index is 10.4. The summed E-state index contributed by atoms with van der Waals surface area (Å²) in [5.41, 5.74) is -0.0821. The van der Waals surface area contributed by atoms with Gasteiger partial charge in [0.05, 0.1) is 11.7 Å². The quantitative estimate of drug-likeness (QED) is 0.552. The minimum absolute atomic E-state index is 0.0821. The number of hydrogen-bond acceptors (Lipinski definition) is 3. The largest absolute Gasteiger partial charge is 0.481 e. The third-order valence-electron chi connectivity index (χ3n) is 3.78. The molecule has 0 amide bonds. The second-order valence-electron chi connectivity index (χ2n) is 5.43. The Morgan fingerprint density at radius 3 is 2.53 bits per heavy atom. The number of aliphatic carboxylic acids is 1. The molecule has 0 saturated heterocycles. The number of carbonyl (C=O) groups is 1. The molecular weight excluding hydrogens is 244 g/mol. The zero-order valence-electron chi connectivity index (χ0n) is 12.9. The Kier molecular flexibility index (Phi) is 9.88. The van der Waals surface area contributed by atoms with Gasteiger partial charge < -0.3 is 14.6 Å². The lowest BCUT2D eigenvalue weighted by atomic mass is 9.99. The van der Waals surface area contributed by atoms with E-state index in [2.05, 4.69) is 20.8 Å². The molecule has 1 N–H and O–H groups in total. The molecule has 0 fully saturated rings. The van der Waals surface area contributed by atoms with E-state index in [0.717, 1.165) is 38.5 Å². The van der Waals surface area contributed by atoms with Crippen molar-refractivity contribution in [3.05, 3.63) is 0 Å². The van der Waals surface area contributed by atoms with E-state index in [0.29, 0.717) is 6.61 Å². The van der Waals surface area contributed by atoms with Crippen molar-refractivity contribution < 1.29 is 19.4 Å². The molecule has 0 bridgehead atoms. The monoisotopic (exact) mass is 274 g/mol. The van der Waals surface area contributed by atoms with Crippen molar-refractivity contribution in [2.24, 2.45) is 0 Å². The van der Waals surface area contributed by atoms with Gasteiger partial charge in [0.1, 0.15) is 0 Å². The first kappa shape index (κ1) is 18.4. The van der Waals surface area contributed by atoms with Crippen LogP contribution in [0.5, 0.6) is 0 Å². The number of unbranched alkanes of at least 4 members (excludes halogenated alkanes) is 2. The molecule has 0 aliphatic carbocycles. The molecule has 4 nitrogen and oxygen atoms in total. The molecule has 19 heavy (non-hydrogen) atoms. The van der Waals surface area contributed by atoms with Crippen LogP contribution in [0.25, 0.3) is 0 Å². The van der Waals surface area contributed by atoms with E-state index in [1.807, 2.05) is 0 Å². The molecule has 0 radical (unpaired) electrons. The van der Waals surface area contributed by atoms with Crippen LogP contribution in [0.2, 0.25) is 0 Å². The zero-order chi connectivity index (χ0) is 14.7. The average Bonchev–Trinajstić information content (AvgIpc) is 2.37. The average molecular weight is 274 g/mol. The molecule has 2 atom stereocenters. The van der Waals surface area contributed by atoms with Gasteiger partial charge in [0.25, 0.3) is 0 Å². The summed E-state index contributed by atoms with van der Waals surface area (Å²) in [7, 11) is 1.75. The van der Waals surface area contributed by atoms with Gasteiger partial charge in [-0.2, -0.15) is 0 Å². The van der Waals surface area contributed by atoms with Crippen LogP contribution in [0.1, 0.15) is 65.7 Å². The topological polar surface area (TPSA) is 55.8 Å². The van der Waals surface area contributed by atoms with Gasteiger partial charge in [-0.25, -0.2) is 0 Å². The van der Waals surface area contributed by atoms with Gasteiger partial charge in [-0.1, -0.05) is 19.8 Å². The Bertz CT molecular complexity index is 236. The minimum atomic E-state index is -0.706. The molecule has 0 saturated carbocycles. The fourth-order valence-corrected chi connectivity index (χ4v) is 1.87. The van der Waals surface area contributed by atoms with Crippen LogP contribution < -0.4 is 0 Å². The number of ether oxygens (including phenoxy) is 2. The van der Waals surface area contributed by atoms with Crippen LogP contribution in [-0.2, 0) is 14.3 Å². The SMILES string of the molecule is CCC(C)(CCOC(C)CCCCCC(=O)O)OC. The molecule has 0 aliphatic rings. The van der Waals surface area contributed by atoms with Gasteiger partial charge in [-0.05, 0) is 39.5 Å². The zero-order valence-corrected chi connectivity index (χ0v) is 12.9. The summed E-state index contributed by atoms with van der Waals surface area (Å²) in [5, 5.41) is 8.52. The van der Waals surface area contributed by atoms with E-state index in [9.17, 15) is 4.79 Å². The summed E-state index contributed by atoms with van der Waals surface area (Å²) in [6.07, 6.45) is 6.16. The standard InChI is InChI=1S/C15H30O4/c1-5-15(3,18-4)11-12-19-13(2)9-7-6-8-10-14(16)17/h13H,5-12H2,1-4H3,(H,16,17). The van der Waals surface area contributed by atoms with Gasteiger partial charge in [-0.15, -0.1) is 0 Å². The maximum atomic E-state index is 10.4. The third kappa shape index (κ3) is 9.91. The van der Waals surface area contributed by atoms with E-state index >= 15 is 0 Å². The number of hydrogen-bond donors (Lipinski definition) is 1. The molecule has 0 aromatic carbocycles. The summed E-state index contributed by atoms with van der Waals surface area (Å²) >= 11 is 0. The van der Waals surface area contributed by atoms with E-state index in [4.69, 9.17) is 14.6 Å². The summed E-state index contributed by atoms with van der Waals surface area (Å²) in [5.74, 6) is -0.706. The predicted molar refractivity (Wildman–Crippen MR) is 76.5 cm³/mol. The highest BCUT2D eigenvalue weighted by Gasteiger charge is 2.20. The van der Waals surface area contributed by atoms with Crippen molar-refractivity contribution in [2.75, 3.05) is 13.7 Å². The Balaban J connectivity index is 3.54. The van der Waals surface area contributed by atoms with Crippen molar-refractivity contribution >= 4 is 5.97 Å². The highest BCUT2D eigenvalue weighted by molar-refractivity contribution is 5.66. The van der Waals surface area contributed by atoms with Gasteiger partial charge in [0.2, 0.25) is 0 Å². The molecule has 0 rings (SSSR count). The second-order valence-corrected chi connectivity index (χ2v) is 5.43. The second kappa shape index (κ2) is 10.2. The van der Waals surface area contributed by atoms with E-state index in [1.165, 1.54) is 0 Å². The number of carboxylic acids is 1. The fourth-order valence-electron chi connectivity index (χ4n) is 1.87. The van der Waals surface area contributed by atoms with Crippen LogP contribution in [0.4, 0.5) is 0 Å². The lowest BCUT2D eigenvalue weighted by Gasteiger charge is -2.27. The lowest BCUT2D eigenvalue weighted by molar-refractivity contribution is -0.137. The molecule has 0 spiro atoms. The normalized spacial score (nSPS) is 16.0. The molecule has 0 aromatic heterocycles. The first-order valence-corrected chi connectivity index (χ1v) is 7.32. The van der Waals surface area contributed by atoms with Crippen molar-refractivity contribution in [3.63, 3.8) is 0 Å². The van der Waals surface area contributed by atoms with Gasteiger partial charge in [-0.3, -0.25) is 4.79 Å². The van der Waals surface area contributed by atoms with Crippen molar-refractivity contribution in [3.8, 4) is 0 Å². The van der Waals surface area contributed by atoms with Crippen molar-refractivity contribution in [1.82, 2.24) is 0 Å². The van der Waals surface area contributed by atoms with Crippen LogP contribution in [0.15, 0.2) is 0 Å². The van der Waals surface area contributed by atoms with Crippen LogP contribution in [-0.4, -0.2) is 36.5 Å². The van der Waals surface area contributed by atoms with Crippen LogP contribution >= 0.6 is 0 Å². The molecule has 0 aliphatic heterocycles. The highest BCUT2D eigenvalue weighted by Crippen LogP contribution is 2.19. The third-order valence-corrected chi connectivity index (χ3v) is 3.78. The molecular formula is C15H30O4. The fraction of sp³-hybridized carbons (Fsp3) is 0.933. The smallest absolute Gasteiger partial charge is 0.303 e. The van der Waals surface area contributed by atoms with Crippen molar-refractivity contribution in [1.29, 1.82) is 0 Å². The molecule has 4 heteroatoms. The minimum Gasteiger partial charge on any atom is -0.481 e. The number of methoxy groups -OCH3 is 1. The first-order valence-electron chi connectivity index (χ1n) is 7.32. The summed E-state index contributed by atoms with van der Waals surface area (Å²) in [6.45, 7) is 7.02. The first-order chi connectivity index (χ1) is 8.93. The molecule has 0 aromatic rings. The summed E-state index contributed by atoms with van der Waals surface area (Å²) in [4.78, 5) is 10.4. The number of rotatable bonds is 12. The number of carboxylic acid groups (broad SMARTS) is 1. The molecule has 0 heterocycles. The lowest BCUT2D eigenvalue weighted by Crippen LogP contribution is -2.28. The van der Waals surface area contributed by atoms with Gasteiger partial charge in [0.15, 0.2) is 0 Å². The predicted octanol–water partition coefficient (Wildman–Crippen LogP) is 3.63. The van der Waals surface area contributed by atoms with E-state index < -0.39 is 5.97 Å². The van der Waals surface area contributed by atoms with E-state index in [1.54, 1.807) is 7.11 Å². The van der Waals surface area contributed by atoms with Gasteiger partial charge in [0, 0.05) is 20.1 Å². The maximum Gasteiger partial charge on any atom is 0.303 e. The Morgan fingerprint density at radius 1 is 1.32 bits per heavy atom. The van der Waals surface area contributed by atoms with Crippen LogP contribution in [0.3, 0.4) is 0 Å². The summed E-state index contributed by atoms with van der Waals surface area (Å²) in [6, 6.07) is 0. The summed E-state index contributed by atoms with van der Waals surface area (Å²) < 4.78 is 11.2. The van der Waals surface area contributed by atoms with Crippen LogP contribution in [0, 0.1) is 0 Å². The Hall–Kier alpha value is -0.610. The van der Waals surface area contributed by atoms with Crippen molar-refractivity contribution in [2.45, 2.75) is 77.4 Å². The van der Waals surface area contributed by atoms with Gasteiger partial charge >= 0.3 is 5.97 Å². The molecule has 114 valence electrons. The molecule has 2 unspecified atom stereocenters. The Morgan fingerprint density at radius 2 is 2.00 bits per heavy atom. The van der Waals surface area contributed by atoms with E-state index in [-0.39, 0.29) is 18.1 Å².